The Balaban J connectivity index is 3.42. The van der Waals surface area contributed by atoms with Gasteiger partial charge < -0.3 is 0 Å². The van der Waals surface area contributed by atoms with Crippen molar-refractivity contribution in [2.75, 3.05) is 19.4 Å². The van der Waals surface area contributed by atoms with Gasteiger partial charge in [0.05, 0.1) is 19.4 Å². The Kier molecular flexibility index (Phi) is 2.98. The van der Waals surface area contributed by atoms with Gasteiger partial charge in [-0.3, -0.25) is 0 Å². The van der Waals surface area contributed by atoms with Crippen LogP contribution in [0, 0.1) is 0 Å². The third-order valence-electron chi connectivity index (χ3n) is 2.01. The largest absolute Gasteiger partial charge is 0.500 e. The number of carbonyl (C=O) groups is 2. The molecule has 3 amide bonds. The Labute approximate surface area is 88.8 Å². The lowest BCUT2D eigenvalue weighted by atomic mass is 10.1. The van der Waals surface area contributed by atoms with Crippen molar-refractivity contribution >= 4 is 39.5 Å². The van der Waals surface area contributed by atoms with Crippen molar-refractivity contribution in [3.8, 4) is 0 Å². The van der Waals surface area contributed by atoms with Crippen LogP contribution in [0.25, 0.3) is 0 Å². The molecule has 0 spiro atoms. The first-order valence-corrected chi connectivity index (χ1v) is 4.89. The van der Waals surface area contributed by atoms with E-state index >= 15 is 0 Å². The van der Waals surface area contributed by atoms with Gasteiger partial charge in [0.15, 0.2) is 5.57 Å². The molecule has 0 saturated carbocycles. The minimum atomic E-state index is -0.613. The first kappa shape index (κ1) is 10.8. The second-order valence-electron chi connectivity index (χ2n) is 2.76. The van der Waals surface area contributed by atoms with E-state index in [1.807, 2.05) is 0 Å². The molecule has 74 valence electrons. The Hall–Kier alpha value is -1.26. The molecule has 0 saturated heterocycles. The van der Waals surface area contributed by atoms with Crippen LogP contribution in [0.3, 0.4) is 0 Å². The summed E-state index contributed by atoms with van der Waals surface area (Å²) < 4.78 is 1.25. The zero-order chi connectivity index (χ0) is 10.9. The van der Waals surface area contributed by atoms with Crippen LogP contribution < -0.4 is 0 Å². The lowest BCUT2D eigenvalue weighted by Crippen LogP contribution is -2.48. The van der Waals surface area contributed by atoms with Crippen molar-refractivity contribution in [3.05, 3.63) is 5.57 Å². The third kappa shape index (κ3) is 1.42. The summed E-state index contributed by atoms with van der Waals surface area (Å²) in [5.41, 5.74) is 0.236. The Bertz CT molecular complexity index is 393. The van der Waals surface area contributed by atoms with E-state index in [9.17, 15) is 14.4 Å². The highest BCUT2D eigenvalue weighted by molar-refractivity contribution is 9.09. The SMILES string of the molecule is CN1C(=O)C(=C=O)C(CBr)=[N+](C)C1=O. The van der Waals surface area contributed by atoms with Crippen LogP contribution in [0.2, 0.25) is 0 Å². The molecular weight excluding hydrogens is 252 g/mol. The van der Waals surface area contributed by atoms with Gasteiger partial charge in [-0.15, -0.1) is 0 Å². The van der Waals surface area contributed by atoms with E-state index in [1.54, 1.807) is 5.94 Å². The molecular formula is C8H8BrN2O3+. The summed E-state index contributed by atoms with van der Waals surface area (Å²) in [6.45, 7) is 0. The first-order chi connectivity index (χ1) is 6.54. The maximum absolute atomic E-state index is 11.4. The predicted octanol–water partition coefficient (Wildman–Crippen LogP) is -0.185. The highest BCUT2D eigenvalue weighted by Gasteiger charge is 2.41. The molecule has 0 bridgehead atoms. The zero-order valence-electron chi connectivity index (χ0n) is 7.70. The highest BCUT2D eigenvalue weighted by atomic mass is 79.9. The van der Waals surface area contributed by atoms with Crippen LogP contribution in [-0.2, 0) is 9.59 Å². The minimum absolute atomic E-state index is 0.105. The van der Waals surface area contributed by atoms with Gasteiger partial charge >= 0.3 is 11.9 Å². The predicted molar refractivity (Wildman–Crippen MR) is 52.4 cm³/mol. The molecule has 0 aromatic heterocycles. The van der Waals surface area contributed by atoms with Crippen molar-refractivity contribution in [2.45, 2.75) is 0 Å². The third-order valence-corrected chi connectivity index (χ3v) is 2.55. The number of imide groups is 1. The van der Waals surface area contributed by atoms with Gasteiger partial charge in [-0.1, -0.05) is 15.9 Å². The fraction of sp³-hybridized carbons (Fsp3) is 0.375. The van der Waals surface area contributed by atoms with Crippen molar-refractivity contribution in [3.63, 3.8) is 0 Å². The fourth-order valence-corrected chi connectivity index (χ4v) is 1.80. The van der Waals surface area contributed by atoms with Crippen LogP contribution in [0.15, 0.2) is 5.57 Å². The maximum Gasteiger partial charge on any atom is 0.500 e. The summed E-state index contributed by atoms with van der Waals surface area (Å²) in [6.07, 6.45) is 0. The second kappa shape index (κ2) is 3.86. The quantitative estimate of drug-likeness (QED) is 0.284. The lowest BCUT2D eigenvalue weighted by Gasteiger charge is -2.16. The molecule has 0 fully saturated rings. The van der Waals surface area contributed by atoms with E-state index in [-0.39, 0.29) is 10.9 Å². The topological polar surface area (TPSA) is 57.5 Å². The van der Waals surface area contributed by atoms with Crippen LogP contribution in [0.5, 0.6) is 0 Å². The minimum Gasteiger partial charge on any atom is -0.240 e. The highest BCUT2D eigenvalue weighted by Crippen LogP contribution is 2.09. The van der Waals surface area contributed by atoms with Gasteiger partial charge in [0.25, 0.3) is 0 Å². The molecule has 5 nitrogen and oxygen atoms in total. The van der Waals surface area contributed by atoms with Crippen molar-refractivity contribution < 1.29 is 19.0 Å². The Morgan fingerprint density at radius 3 is 2.50 bits per heavy atom. The number of rotatable bonds is 1. The number of urea groups is 1. The van der Waals surface area contributed by atoms with Gasteiger partial charge in [-0.05, 0) is 0 Å². The molecule has 0 atom stereocenters. The molecule has 1 rings (SSSR count). The molecule has 0 N–H and O–H groups in total. The van der Waals surface area contributed by atoms with E-state index in [0.29, 0.717) is 5.71 Å². The number of halogens is 1. The molecule has 1 aliphatic heterocycles. The Morgan fingerprint density at radius 1 is 1.50 bits per heavy atom. The summed E-state index contributed by atoms with van der Waals surface area (Å²) in [4.78, 5) is 34.3. The normalized spacial score (nSPS) is 17.6. The van der Waals surface area contributed by atoms with Crippen LogP contribution in [-0.4, -0.2) is 52.5 Å². The summed E-state index contributed by atoms with van der Waals surface area (Å²) >= 11 is 3.11. The van der Waals surface area contributed by atoms with E-state index in [0.717, 1.165) is 4.90 Å². The fourth-order valence-electron chi connectivity index (χ4n) is 1.15. The zero-order valence-corrected chi connectivity index (χ0v) is 9.29. The molecule has 1 aliphatic rings. The average molecular weight is 260 g/mol. The first-order valence-electron chi connectivity index (χ1n) is 3.77. The van der Waals surface area contributed by atoms with Gasteiger partial charge in [-0.25, -0.2) is 9.59 Å². The summed E-state index contributed by atoms with van der Waals surface area (Å²) in [5.74, 6) is 0.937. The monoisotopic (exact) mass is 259 g/mol. The Morgan fingerprint density at radius 2 is 2.07 bits per heavy atom. The van der Waals surface area contributed by atoms with E-state index in [2.05, 4.69) is 15.9 Å². The van der Waals surface area contributed by atoms with Gasteiger partial charge in [-0.2, -0.15) is 14.3 Å². The van der Waals surface area contributed by atoms with Crippen LogP contribution in [0.1, 0.15) is 0 Å². The van der Waals surface area contributed by atoms with E-state index in [1.165, 1.54) is 18.7 Å². The van der Waals surface area contributed by atoms with Crippen LogP contribution >= 0.6 is 15.9 Å². The van der Waals surface area contributed by atoms with Gasteiger partial charge in [0.2, 0.25) is 0 Å². The number of alkyl halides is 1. The molecule has 0 aromatic carbocycles. The number of likely N-dealkylation sites (N-methyl/N-ethyl adjacent to an activating group) is 1. The van der Waals surface area contributed by atoms with Crippen molar-refractivity contribution in [2.24, 2.45) is 0 Å². The molecule has 0 aromatic rings. The summed E-state index contributed by atoms with van der Waals surface area (Å²) in [5, 5.41) is 0.263. The van der Waals surface area contributed by atoms with E-state index < -0.39 is 11.9 Å². The smallest absolute Gasteiger partial charge is 0.240 e. The molecule has 6 heteroatoms. The maximum atomic E-state index is 11.4. The lowest BCUT2D eigenvalue weighted by molar-refractivity contribution is -0.402. The molecule has 0 aliphatic carbocycles. The average Bonchev–Trinajstić information content (AvgIpc) is 2.20. The summed E-state index contributed by atoms with van der Waals surface area (Å²) in [7, 11) is 2.82. The van der Waals surface area contributed by atoms with Crippen LogP contribution in [0.4, 0.5) is 4.79 Å². The number of hydrogen-bond acceptors (Lipinski definition) is 3. The van der Waals surface area contributed by atoms with Gasteiger partial charge in [0, 0.05) is 0 Å². The molecule has 0 radical (unpaired) electrons. The molecule has 14 heavy (non-hydrogen) atoms. The number of amides is 3. The van der Waals surface area contributed by atoms with Gasteiger partial charge in [0.1, 0.15) is 11.7 Å². The summed E-state index contributed by atoms with van der Waals surface area (Å²) in [6, 6.07) is -0.455. The van der Waals surface area contributed by atoms with Crippen molar-refractivity contribution in [1.82, 2.24) is 4.90 Å². The van der Waals surface area contributed by atoms with Crippen molar-refractivity contribution in [1.29, 1.82) is 0 Å². The number of hydrogen-bond donors (Lipinski definition) is 0. The molecule has 0 unspecified atom stereocenters. The number of nitrogens with zero attached hydrogens (tertiary/aromatic N) is 2. The van der Waals surface area contributed by atoms with E-state index in [4.69, 9.17) is 0 Å². The second-order valence-corrected chi connectivity index (χ2v) is 3.32. The standard InChI is InChI=1S/C8H8BrN2O3/c1-10-6(3-9)5(4-12)7(13)11(2)8(10)14/h3H2,1-2H3/q+1. The number of carbonyl (C=O) groups excluding carboxylic acids is 3. The molecule has 1 heterocycles.